The average molecular weight is 296 g/mol. The van der Waals surface area contributed by atoms with Gasteiger partial charge in [0.1, 0.15) is 0 Å². The van der Waals surface area contributed by atoms with Crippen molar-refractivity contribution in [2.75, 3.05) is 0 Å². The van der Waals surface area contributed by atoms with E-state index < -0.39 is 16.8 Å². The summed E-state index contributed by atoms with van der Waals surface area (Å²) < 4.78 is 12.2. The summed E-state index contributed by atoms with van der Waals surface area (Å²) >= 11 is 5.77. The number of aromatic nitrogens is 1. The third-order valence-corrected chi connectivity index (χ3v) is 4.18. The lowest BCUT2D eigenvalue weighted by molar-refractivity contribution is 0.0697. The van der Waals surface area contributed by atoms with Crippen LogP contribution in [0, 0.1) is 0 Å². The van der Waals surface area contributed by atoms with Gasteiger partial charge < -0.3 is 5.11 Å². The highest BCUT2D eigenvalue weighted by atomic mass is 35.5. The number of rotatable bonds is 4. The van der Waals surface area contributed by atoms with Crippen molar-refractivity contribution in [3.8, 4) is 0 Å². The topological polar surface area (TPSA) is 67.3 Å². The van der Waals surface area contributed by atoms with Crippen LogP contribution in [0.5, 0.6) is 0 Å². The fraction of sp³-hybridized carbons (Fsp3) is 0.0769. The van der Waals surface area contributed by atoms with E-state index in [1.54, 1.807) is 30.6 Å². The Kier molecular flexibility index (Phi) is 4.29. The van der Waals surface area contributed by atoms with Crippen molar-refractivity contribution in [2.24, 2.45) is 0 Å². The van der Waals surface area contributed by atoms with Gasteiger partial charge in [0.05, 0.1) is 27.1 Å². The Hall–Kier alpha value is -1.72. The molecule has 0 aliphatic rings. The monoisotopic (exact) mass is 295 g/mol. The van der Waals surface area contributed by atoms with Gasteiger partial charge >= 0.3 is 5.97 Å². The molecule has 98 valence electrons. The molecule has 4 nitrogen and oxygen atoms in total. The SMILES string of the molecule is O=C(O)c1cc(S(=O)Cc2ccncc2)ccc1Cl. The van der Waals surface area contributed by atoms with Gasteiger partial charge in [-0.1, -0.05) is 11.6 Å². The fourth-order valence-electron chi connectivity index (χ4n) is 1.52. The number of pyridine rings is 1. The molecular formula is C13H10ClNO3S. The quantitative estimate of drug-likeness (QED) is 0.942. The van der Waals surface area contributed by atoms with Crippen molar-refractivity contribution < 1.29 is 14.1 Å². The Morgan fingerprint density at radius 1 is 1.26 bits per heavy atom. The predicted octanol–water partition coefficient (Wildman–Crippen LogP) is 2.74. The van der Waals surface area contributed by atoms with E-state index in [2.05, 4.69) is 4.98 Å². The second-order valence-corrected chi connectivity index (χ2v) is 5.65. The van der Waals surface area contributed by atoms with Gasteiger partial charge in [-0.3, -0.25) is 9.19 Å². The van der Waals surface area contributed by atoms with Gasteiger partial charge in [-0.05, 0) is 35.9 Å². The van der Waals surface area contributed by atoms with E-state index in [0.29, 0.717) is 10.6 Å². The average Bonchev–Trinajstić information content (AvgIpc) is 2.40. The van der Waals surface area contributed by atoms with Crippen molar-refractivity contribution in [1.82, 2.24) is 4.98 Å². The molecule has 0 saturated carbocycles. The highest BCUT2D eigenvalue weighted by Crippen LogP contribution is 2.21. The van der Waals surface area contributed by atoms with Crippen LogP contribution >= 0.6 is 11.6 Å². The van der Waals surface area contributed by atoms with Crippen molar-refractivity contribution >= 4 is 28.4 Å². The van der Waals surface area contributed by atoms with Gasteiger partial charge in [-0.2, -0.15) is 0 Å². The van der Waals surface area contributed by atoms with Crippen LogP contribution in [0.15, 0.2) is 47.6 Å². The smallest absolute Gasteiger partial charge is 0.337 e. The van der Waals surface area contributed by atoms with E-state index in [1.165, 1.54) is 12.1 Å². The zero-order valence-electron chi connectivity index (χ0n) is 9.75. The molecule has 0 saturated heterocycles. The maximum Gasteiger partial charge on any atom is 0.337 e. The molecule has 0 radical (unpaired) electrons. The van der Waals surface area contributed by atoms with Crippen LogP contribution in [0.1, 0.15) is 15.9 Å². The number of carboxylic acid groups (broad SMARTS) is 1. The summed E-state index contributed by atoms with van der Waals surface area (Å²) in [5, 5.41) is 9.11. The predicted molar refractivity (Wildman–Crippen MR) is 72.8 cm³/mol. The number of hydrogen-bond acceptors (Lipinski definition) is 3. The lowest BCUT2D eigenvalue weighted by Crippen LogP contribution is -2.02. The molecule has 0 fully saturated rings. The number of carbonyl (C=O) groups is 1. The van der Waals surface area contributed by atoms with Crippen LogP contribution in [0.2, 0.25) is 5.02 Å². The Morgan fingerprint density at radius 3 is 2.58 bits per heavy atom. The molecule has 0 aliphatic carbocycles. The third-order valence-electron chi connectivity index (χ3n) is 2.48. The van der Waals surface area contributed by atoms with Crippen LogP contribution in [0.3, 0.4) is 0 Å². The summed E-state index contributed by atoms with van der Waals surface area (Å²) in [7, 11) is -1.32. The first-order valence-electron chi connectivity index (χ1n) is 5.38. The fourth-order valence-corrected chi connectivity index (χ4v) is 2.85. The molecule has 0 aliphatic heterocycles. The minimum atomic E-state index is -1.32. The van der Waals surface area contributed by atoms with Gasteiger partial charge in [0.15, 0.2) is 0 Å². The molecule has 6 heteroatoms. The first-order valence-corrected chi connectivity index (χ1v) is 7.08. The van der Waals surface area contributed by atoms with Gasteiger partial charge in [0, 0.05) is 17.3 Å². The molecule has 1 aromatic carbocycles. The Balaban J connectivity index is 2.25. The van der Waals surface area contributed by atoms with E-state index in [1.807, 2.05) is 0 Å². The second kappa shape index (κ2) is 5.95. The molecule has 2 rings (SSSR count). The summed E-state index contributed by atoms with van der Waals surface area (Å²) in [6.45, 7) is 0. The van der Waals surface area contributed by atoms with Crippen LogP contribution in [0.4, 0.5) is 0 Å². The zero-order valence-corrected chi connectivity index (χ0v) is 11.3. The number of aromatic carboxylic acids is 1. The molecule has 2 aromatic rings. The highest BCUT2D eigenvalue weighted by Gasteiger charge is 2.12. The first-order chi connectivity index (χ1) is 9.08. The van der Waals surface area contributed by atoms with E-state index >= 15 is 0 Å². The normalized spacial score (nSPS) is 12.1. The summed E-state index contributed by atoms with van der Waals surface area (Å²) in [6.07, 6.45) is 3.24. The number of halogens is 1. The van der Waals surface area contributed by atoms with Gasteiger partial charge in [-0.15, -0.1) is 0 Å². The minimum absolute atomic E-state index is 0.0396. The standard InChI is InChI=1S/C13H10ClNO3S/c14-12-2-1-10(7-11(12)13(16)17)19(18)8-9-3-5-15-6-4-9/h1-7H,8H2,(H,16,17). The maximum atomic E-state index is 12.2. The molecule has 0 bridgehead atoms. The summed E-state index contributed by atoms with van der Waals surface area (Å²) in [5.41, 5.74) is 0.836. The van der Waals surface area contributed by atoms with Crippen molar-refractivity contribution in [3.05, 3.63) is 58.9 Å². The molecule has 1 N–H and O–H groups in total. The van der Waals surface area contributed by atoms with E-state index in [-0.39, 0.29) is 10.6 Å². The number of benzene rings is 1. The molecule has 1 unspecified atom stereocenters. The van der Waals surface area contributed by atoms with Crippen LogP contribution in [-0.2, 0) is 16.6 Å². The van der Waals surface area contributed by atoms with E-state index in [4.69, 9.17) is 16.7 Å². The lowest BCUT2D eigenvalue weighted by Gasteiger charge is -2.05. The van der Waals surface area contributed by atoms with Gasteiger partial charge in [0.2, 0.25) is 0 Å². The number of hydrogen-bond donors (Lipinski definition) is 1. The molecule has 0 amide bonds. The van der Waals surface area contributed by atoms with Crippen LogP contribution in [-0.4, -0.2) is 20.3 Å². The Bertz CT molecular complexity index is 631. The summed E-state index contributed by atoms with van der Waals surface area (Å²) in [6, 6.07) is 7.91. The Labute approximate surface area is 117 Å². The summed E-state index contributed by atoms with van der Waals surface area (Å²) in [4.78, 5) is 15.3. The molecular weight excluding hydrogens is 286 g/mol. The third kappa shape index (κ3) is 3.39. The number of carboxylic acids is 1. The van der Waals surface area contributed by atoms with Crippen LogP contribution in [0.25, 0.3) is 0 Å². The van der Waals surface area contributed by atoms with Crippen molar-refractivity contribution in [3.63, 3.8) is 0 Å². The number of nitrogens with zero attached hydrogens (tertiary/aromatic N) is 1. The lowest BCUT2D eigenvalue weighted by atomic mass is 10.2. The largest absolute Gasteiger partial charge is 0.478 e. The molecule has 1 aromatic heterocycles. The minimum Gasteiger partial charge on any atom is -0.478 e. The molecule has 19 heavy (non-hydrogen) atoms. The summed E-state index contributed by atoms with van der Waals surface area (Å²) in [5.74, 6) is -0.823. The zero-order chi connectivity index (χ0) is 13.8. The highest BCUT2D eigenvalue weighted by molar-refractivity contribution is 7.84. The van der Waals surface area contributed by atoms with Gasteiger partial charge in [0.25, 0.3) is 0 Å². The Morgan fingerprint density at radius 2 is 1.95 bits per heavy atom. The van der Waals surface area contributed by atoms with E-state index in [9.17, 15) is 9.00 Å². The van der Waals surface area contributed by atoms with Crippen molar-refractivity contribution in [2.45, 2.75) is 10.6 Å². The van der Waals surface area contributed by atoms with Crippen molar-refractivity contribution in [1.29, 1.82) is 0 Å². The van der Waals surface area contributed by atoms with Gasteiger partial charge in [-0.25, -0.2) is 4.79 Å². The molecule has 0 spiro atoms. The second-order valence-electron chi connectivity index (χ2n) is 3.79. The molecule has 1 atom stereocenters. The molecule has 1 heterocycles. The maximum absolute atomic E-state index is 12.2. The van der Waals surface area contributed by atoms with Crippen LogP contribution < -0.4 is 0 Å². The first kappa shape index (κ1) is 13.7. The van der Waals surface area contributed by atoms with E-state index in [0.717, 1.165) is 5.56 Å².